The van der Waals surface area contributed by atoms with Crippen molar-refractivity contribution in [3.05, 3.63) is 29.8 Å². The molecule has 0 spiro atoms. The minimum Gasteiger partial charge on any atom is -0.497 e. The van der Waals surface area contributed by atoms with Gasteiger partial charge >= 0.3 is 0 Å². The highest BCUT2D eigenvalue weighted by Gasteiger charge is 2.10. The summed E-state index contributed by atoms with van der Waals surface area (Å²) in [7, 11) is 1.66. The van der Waals surface area contributed by atoms with Crippen LogP contribution in [0.2, 0.25) is 0 Å². The monoisotopic (exact) mass is 209 g/mol. The molecule has 1 aromatic carbocycles. The van der Waals surface area contributed by atoms with E-state index < -0.39 is 5.60 Å². The first-order valence-electron chi connectivity index (χ1n) is 5.07. The molecule has 15 heavy (non-hydrogen) atoms. The molecule has 3 nitrogen and oxygen atoms in total. The SMILES string of the molecule is COc1cccc(CNCC(C)(C)O)c1. The predicted molar refractivity (Wildman–Crippen MR) is 61.0 cm³/mol. The van der Waals surface area contributed by atoms with Gasteiger partial charge in [-0.2, -0.15) is 0 Å². The van der Waals surface area contributed by atoms with Crippen molar-refractivity contribution >= 4 is 0 Å². The van der Waals surface area contributed by atoms with Crippen molar-refractivity contribution in [2.24, 2.45) is 0 Å². The Morgan fingerprint density at radius 3 is 2.73 bits per heavy atom. The number of hydrogen-bond donors (Lipinski definition) is 2. The van der Waals surface area contributed by atoms with E-state index in [2.05, 4.69) is 5.32 Å². The molecular weight excluding hydrogens is 190 g/mol. The Labute approximate surface area is 91.1 Å². The third-order valence-corrected chi connectivity index (χ3v) is 2.02. The van der Waals surface area contributed by atoms with Gasteiger partial charge in [-0.1, -0.05) is 12.1 Å². The third-order valence-electron chi connectivity index (χ3n) is 2.02. The van der Waals surface area contributed by atoms with E-state index in [1.165, 1.54) is 0 Å². The number of hydrogen-bond acceptors (Lipinski definition) is 3. The van der Waals surface area contributed by atoms with Gasteiger partial charge in [0.15, 0.2) is 0 Å². The maximum absolute atomic E-state index is 9.51. The lowest BCUT2D eigenvalue weighted by Crippen LogP contribution is -2.34. The van der Waals surface area contributed by atoms with Crippen LogP contribution in [-0.2, 0) is 6.54 Å². The quantitative estimate of drug-likeness (QED) is 0.773. The van der Waals surface area contributed by atoms with E-state index in [4.69, 9.17) is 4.74 Å². The van der Waals surface area contributed by atoms with Crippen molar-refractivity contribution in [3.8, 4) is 5.75 Å². The summed E-state index contributed by atoms with van der Waals surface area (Å²) in [5, 5.41) is 12.7. The molecule has 3 heteroatoms. The highest BCUT2D eigenvalue weighted by molar-refractivity contribution is 5.28. The van der Waals surface area contributed by atoms with Gasteiger partial charge in [-0.15, -0.1) is 0 Å². The van der Waals surface area contributed by atoms with E-state index in [-0.39, 0.29) is 0 Å². The van der Waals surface area contributed by atoms with Gasteiger partial charge in [0.25, 0.3) is 0 Å². The third kappa shape index (κ3) is 4.81. The van der Waals surface area contributed by atoms with Gasteiger partial charge < -0.3 is 15.2 Å². The Balaban J connectivity index is 2.44. The largest absolute Gasteiger partial charge is 0.497 e. The van der Waals surface area contributed by atoms with Gasteiger partial charge in [-0.25, -0.2) is 0 Å². The van der Waals surface area contributed by atoms with E-state index >= 15 is 0 Å². The molecule has 0 aliphatic heterocycles. The number of aliphatic hydroxyl groups is 1. The number of nitrogens with one attached hydrogen (secondary N) is 1. The van der Waals surface area contributed by atoms with E-state index in [0.717, 1.165) is 17.9 Å². The zero-order chi connectivity index (χ0) is 11.3. The normalized spacial score (nSPS) is 11.5. The Hall–Kier alpha value is -1.06. The van der Waals surface area contributed by atoms with Crippen molar-refractivity contribution in [3.63, 3.8) is 0 Å². The average Bonchev–Trinajstić information content (AvgIpc) is 2.16. The van der Waals surface area contributed by atoms with Crippen LogP contribution >= 0.6 is 0 Å². The molecule has 0 amide bonds. The zero-order valence-electron chi connectivity index (χ0n) is 9.58. The van der Waals surface area contributed by atoms with Crippen LogP contribution < -0.4 is 10.1 Å². The summed E-state index contributed by atoms with van der Waals surface area (Å²) in [6, 6.07) is 7.89. The predicted octanol–water partition coefficient (Wildman–Crippen LogP) is 1.56. The second kappa shape index (κ2) is 5.14. The molecule has 0 bridgehead atoms. The zero-order valence-corrected chi connectivity index (χ0v) is 9.58. The van der Waals surface area contributed by atoms with Crippen LogP contribution in [0.3, 0.4) is 0 Å². The fraction of sp³-hybridized carbons (Fsp3) is 0.500. The molecule has 0 radical (unpaired) electrons. The molecule has 0 unspecified atom stereocenters. The molecule has 0 aliphatic rings. The maximum atomic E-state index is 9.51. The van der Waals surface area contributed by atoms with E-state index in [0.29, 0.717) is 6.54 Å². The number of methoxy groups -OCH3 is 1. The van der Waals surface area contributed by atoms with E-state index in [1.54, 1.807) is 21.0 Å². The smallest absolute Gasteiger partial charge is 0.119 e. The molecule has 2 N–H and O–H groups in total. The fourth-order valence-corrected chi connectivity index (χ4v) is 1.30. The first kappa shape index (κ1) is 12.0. The molecule has 0 atom stereocenters. The molecular formula is C12H19NO2. The van der Waals surface area contributed by atoms with Crippen molar-refractivity contribution in [2.75, 3.05) is 13.7 Å². The summed E-state index contributed by atoms with van der Waals surface area (Å²) < 4.78 is 5.12. The molecule has 84 valence electrons. The fourth-order valence-electron chi connectivity index (χ4n) is 1.30. The molecule has 1 rings (SSSR count). The molecule has 0 fully saturated rings. The highest BCUT2D eigenvalue weighted by atomic mass is 16.5. The number of benzene rings is 1. The van der Waals surface area contributed by atoms with Crippen LogP contribution in [0.4, 0.5) is 0 Å². The summed E-state index contributed by atoms with van der Waals surface area (Å²) in [5.41, 5.74) is 0.484. The Bertz CT molecular complexity index is 305. The molecule has 1 aromatic rings. The Morgan fingerprint density at radius 2 is 2.13 bits per heavy atom. The molecule has 0 heterocycles. The minimum atomic E-state index is -0.668. The molecule has 0 saturated carbocycles. The van der Waals surface area contributed by atoms with Gasteiger partial charge in [0.1, 0.15) is 5.75 Å². The van der Waals surface area contributed by atoms with Crippen LogP contribution in [0.25, 0.3) is 0 Å². The minimum absolute atomic E-state index is 0.574. The summed E-state index contributed by atoms with van der Waals surface area (Å²) in [6.45, 7) is 4.88. The number of rotatable bonds is 5. The molecule has 0 aromatic heterocycles. The molecule has 0 aliphatic carbocycles. The lowest BCUT2D eigenvalue weighted by atomic mass is 10.1. The van der Waals surface area contributed by atoms with Crippen LogP contribution in [0.5, 0.6) is 5.75 Å². The van der Waals surface area contributed by atoms with E-state index in [1.807, 2.05) is 24.3 Å². The van der Waals surface area contributed by atoms with Crippen LogP contribution in [-0.4, -0.2) is 24.4 Å². The van der Waals surface area contributed by atoms with Gasteiger partial charge in [0, 0.05) is 13.1 Å². The summed E-state index contributed by atoms with van der Waals surface area (Å²) in [4.78, 5) is 0. The van der Waals surface area contributed by atoms with Crippen LogP contribution in [0.1, 0.15) is 19.4 Å². The lowest BCUT2D eigenvalue weighted by molar-refractivity contribution is 0.0795. The first-order valence-corrected chi connectivity index (χ1v) is 5.07. The highest BCUT2D eigenvalue weighted by Crippen LogP contribution is 2.12. The first-order chi connectivity index (χ1) is 7.01. The van der Waals surface area contributed by atoms with Crippen LogP contribution in [0, 0.1) is 0 Å². The Morgan fingerprint density at radius 1 is 1.40 bits per heavy atom. The summed E-state index contributed by atoms with van der Waals surface area (Å²) in [6.07, 6.45) is 0. The second-order valence-corrected chi connectivity index (χ2v) is 4.27. The van der Waals surface area contributed by atoms with Gasteiger partial charge in [0.05, 0.1) is 12.7 Å². The van der Waals surface area contributed by atoms with Crippen molar-refractivity contribution in [1.29, 1.82) is 0 Å². The standard InChI is InChI=1S/C12H19NO2/c1-12(2,14)9-13-8-10-5-4-6-11(7-10)15-3/h4-7,13-14H,8-9H2,1-3H3. The van der Waals surface area contributed by atoms with Crippen LogP contribution in [0.15, 0.2) is 24.3 Å². The second-order valence-electron chi connectivity index (χ2n) is 4.27. The summed E-state index contributed by atoms with van der Waals surface area (Å²) >= 11 is 0. The average molecular weight is 209 g/mol. The van der Waals surface area contributed by atoms with Crippen molar-refractivity contribution in [2.45, 2.75) is 26.0 Å². The van der Waals surface area contributed by atoms with Crippen molar-refractivity contribution in [1.82, 2.24) is 5.32 Å². The number of ether oxygens (including phenoxy) is 1. The van der Waals surface area contributed by atoms with Gasteiger partial charge in [0.2, 0.25) is 0 Å². The van der Waals surface area contributed by atoms with E-state index in [9.17, 15) is 5.11 Å². The lowest BCUT2D eigenvalue weighted by Gasteiger charge is -2.17. The Kier molecular flexibility index (Phi) is 4.12. The summed E-state index contributed by atoms with van der Waals surface area (Å²) in [5.74, 6) is 0.859. The van der Waals surface area contributed by atoms with Crippen molar-refractivity contribution < 1.29 is 9.84 Å². The maximum Gasteiger partial charge on any atom is 0.119 e. The van der Waals surface area contributed by atoms with Gasteiger partial charge in [-0.3, -0.25) is 0 Å². The topological polar surface area (TPSA) is 41.5 Å². The van der Waals surface area contributed by atoms with Gasteiger partial charge in [-0.05, 0) is 31.5 Å². The molecule has 0 saturated heterocycles.